The number of amides is 1. The number of alkyl halides is 3. The van der Waals surface area contributed by atoms with Crippen LogP contribution in [0.15, 0.2) is 53.0 Å². The lowest BCUT2D eigenvalue weighted by molar-refractivity contribution is -0.141. The van der Waals surface area contributed by atoms with E-state index >= 15 is 0 Å². The van der Waals surface area contributed by atoms with E-state index < -0.39 is 44.9 Å². The van der Waals surface area contributed by atoms with Crippen LogP contribution in [0.5, 0.6) is 5.75 Å². The predicted molar refractivity (Wildman–Crippen MR) is 109 cm³/mol. The third kappa shape index (κ3) is 5.79. The summed E-state index contributed by atoms with van der Waals surface area (Å²) in [6.45, 7) is 0. The fourth-order valence-electron chi connectivity index (χ4n) is 2.48. The van der Waals surface area contributed by atoms with Crippen LogP contribution in [0.25, 0.3) is 10.6 Å². The van der Waals surface area contributed by atoms with E-state index in [4.69, 9.17) is 4.74 Å². The molecule has 0 radical (unpaired) electrons. The first-order valence-corrected chi connectivity index (χ1v) is 11.3. The Labute approximate surface area is 179 Å². The zero-order valence-electron chi connectivity index (χ0n) is 16.0. The van der Waals surface area contributed by atoms with E-state index in [1.165, 1.54) is 13.2 Å². The van der Waals surface area contributed by atoms with Crippen LogP contribution in [0, 0.1) is 0 Å². The second kappa shape index (κ2) is 9.02. The normalized spacial score (nSPS) is 11.9. The van der Waals surface area contributed by atoms with Crippen molar-refractivity contribution >= 4 is 32.8 Å². The van der Waals surface area contributed by atoms with Gasteiger partial charge in [-0.15, -0.1) is 11.3 Å². The predicted octanol–water partition coefficient (Wildman–Crippen LogP) is 4.04. The molecule has 2 aromatic heterocycles. The fraction of sp³-hybridized carbons (Fsp3) is 0.211. The lowest BCUT2D eigenvalue weighted by Gasteiger charge is -2.10. The number of nitrogens with one attached hydrogen (secondary N) is 1. The third-order valence-corrected chi connectivity index (χ3v) is 6.39. The van der Waals surface area contributed by atoms with Crippen molar-refractivity contribution in [1.29, 1.82) is 0 Å². The van der Waals surface area contributed by atoms with E-state index in [2.05, 4.69) is 15.3 Å². The number of thiophene rings is 1. The summed E-state index contributed by atoms with van der Waals surface area (Å²) < 4.78 is 69.9. The van der Waals surface area contributed by atoms with Crippen molar-refractivity contribution < 1.29 is 31.1 Å². The zero-order valence-corrected chi connectivity index (χ0v) is 17.6. The highest BCUT2D eigenvalue weighted by Crippen LogP contribution is 2.32. The Balaban J connectivity index is 1.78. The topological polar surface area (TPSA) is 98.2 Å². The summed E-state index contributed by atoms with van der Waals surface area (Å²) >= 11 is 1.11. The summed E-state index contributed by atoms with van der Waals surface area (Å²) in [5, 5.41) is 3.17. The van der Waals surface area contributed by atoms with Gasteiger partial charge in [0.15, 0.2) is 0 Å². The van der Waals surface area contributed by atoms with Crippen LogP contribution in [0.2, 0.25) is 0 Å². The summed E-state index contributed by atoms with van der Waals surface area (Å²) in [4.78, 5) is 19.5. The highest BCUT2D eigenvalue weighted by Gasteiger charge is 2.35. The van der Waals surface area contributed by atoms with Gasteiger partial charge < -0.3 is 10.1 Å². The fourth-order valence-corrected chi connectivity index (χ4v) is 4.27. The molecule has 0 saturated carbocycles. The Hall–Kier alpha value is -2.99. The number of benzene rings is 1. The summed E-state index contributed by atoms with van der Waals surface area (Å²) in [6, 6.07) is 10.2. The maximum absolute atomic E-state index is 13.2. The van der Waals surface area contributed by atoms with Gasteiger partial charge in [-0.05, 0) is 41.8 Å². The number of methoxy groups -OCH3 is 1. The number of nitrogens with zero attached hydrogens (tertiary/aromatic N) is 2. The maximum atomic E-state index is 13.2. The summed E-state index contributed by atoms with van der Waals surface area (Å²) in [6.07, 6.45) is -5.34. The van der Waals surface area contributed by atoms with Gasteiger partial charge in [0.05, 0.1) is 23.4 Å². The summed E-state index contributed by atoms with van der Waals surface area (Å²) in [7, 11) is -2.87. The zero-order chi connectivity index (χ0) is 22.6. The van der Waals surface area contributed by atoms with E-state index in [9.17, 15) is 26.4 Å². The Bertz CT molecular complexity index is 1160. The molecule has 0 saturated heterocycles. The average Bonchev–Trinajstić information content (AvgIpc) is 3.27. The van der Waals surface area contributed by atoms with Crippen LogP contribution in [0.3, 0.4) is 0 Å². The molecule has 1 amide bonds. The van der Waals surface area contributed by atoms with E-state index in [1.54, 1.807) is 35.7 Å². The maximum Gasteiger partial charge on any atom is 0.433 e. The molecular formula is C19H16F3N3O4S2. The Morgan fingerprint density at radius 2 is 1.87 bits per heavy atom. The van der Waals surface area contributed by atoms with Gasteiger partial charge in [-0.1, -0.05) is 6.07 Å². The quantitative estimate of drug-likeness (QED) is 0.523. The van der Waals surface area contributed by atoms with Gasteiger partial charge in [0.25, 0.3) is 0 Å². The number of aromatic nitrogens is 2. The molecular weight excluding hydrogens is 455 g/mol. The number of anilines is 1. The number of rotatable bonds is 7. The van der Waals surface area contributed by atoms with Crippen molar-refractivity contribution in [3.8, 4) is 16.3 Å². The van der Waals surface area contributed by atoms with Crippen molar-refractivity contribution in [2.45, 2.75) is 17.8 Å². The average molecular weight is 471 g/mol. The van der Waals surface area contributed by atoms with Gasteiger partial charge in [0.2, 0.25) is 20.9 Å². The van der Waals surface area contributed by atoms with Crippen LogP contribution >= 0.6 is 11.3 Å². The van der Waals surface area contributed by atoms with Crippen molar-refractivity contribution in [3.05, 3.63) is 53.5 Å². The van der Waals surface area contributed by atoms with Crippen molar-refractivity contribution in [1.82, 2.24) is 9.97 Å². The SMILES string of the molecule is COc1ccc(NC(=O)CCS(=O)(=O)c2nc(-c3cccs3)cc(C(F)(F)F)n2)cc1. The van der Waals surface area contributed by atoms with Crippen molar-refractivity contribution in [3.63, 3.8) is 0 Å². The molecule has 0 fully saturated rings. The van der Waals surface area contributed by atoms with Crippen molar-refractivity contribution in [2.24, 2.45) is 0 Å². The van der Waals surface area contributed by atoms with E-state index in [-0.39, 0.29) is 5.69 Å². The first-order chi connectivity index (χ1) is 14.6. The summed E-state index contributed by atoms with van der Waals surface area (Å²) in [5.41, 5.74) is -1.11. The molecule has 0 aliphatic carbocycles. The van der Waals surface area contributed by atoms with Crippen LogP contribution in [-0.4, -0.2) is 37.2 Å². The molecule has 12 heteroatoms. The third-order valence-electron chi connectivity index (χ3n) is 4.02. The second-order valence-corrected chi connectivity index (χ2v) is 9.19. The number of hydrogen-bond donors (Lipinski definition) is 1. The highest BCUT2D eigenvalue weighted by atomic mass is 32.2. The highest BCUT2D eigenvalue weighted by molar-refractivity contribution is 7.91. The molecule has 0 unspecified atom stereocenters. The molecule has 3 aromatic rings. The first kappa shape index (κ1) is 22.7. The smallest absolute Gasteiger partial charge is 0.433 e. The minimum Gasteiger partial charge on any atom is -0.497 e. The Morgan fingerprint density at radius 1 is 1.16 bits per heavy atom. The van der Waals surface area contributed by atoms with Crippen LogP contribution in [0.1, 0.15) is 12.1 Å². The number of carbonyl (C=O) groups excluding carboxylic acids is 1. The van der Waals surface area contributed by atoms with Gasteiger partial charge >= 0.3 is 6.18 Å². The lowest BCUT2D eigenvalue weighted by atomic mass is 10.3. The minimum atomic E-state index is -4.86. The Kier molecular flexibility index (Phi) is 6.60. The molecule has 2 heterocycles. The van der Waals surface area contributed by atoms with E-state index in [0.717, 1.165) is 11.3 Å². The summed E-state index contributed by atoms with van der Waals surface area (Å²) in [5.74, 6) is -0.803. The number of sulfone groups is 1. The van der Waals surface area contributed by atoms with Gasteiger partial charge in [-0.25, -0.2) is 18.4 Å². The minimum absolute atomic E-state index is 0.154. The standard InChI is InChI=1S/C19H16F3N3O4S2/c1-29-13-6-4-12(5-7-13)23-17(26)8-10-31(27,28)18-24-14(15-3-2-9-30-15)11-16(25-18)19(20,21)22/h2-7,9,11H,8,10H2,1H3,(H,23,26). The molecule has 164 valence electrons. The number of hydrogen-bond acceptors (Lipinski definition) is 7. The molecule has 0 bridgehead atoms. The number of carbonyl (C=O) groups is 1. The van der Waals surface area contributed by atoms with Gasteiger partial charge in [-0.3, -0.25) is 4.79 Å². The van der Waals surface area contributed by atoms with Crippen LogP contribution in [0.4, 0.5) is 18.9 Å². The molecule has 1 N–H and O–H groups in total. The molecule has 31 heavy (non-hydrogen) atoms. The lowest BCUT2D eigenvalue weighted by Crippen LogP contribution is -2.20. The molecule has 0 aliphatic rings. The van der Waals surface area contributed by atoms with Gasteiger partial charge in [0, 0.05) is 12.1 Å². The largest absolute Gasteiger partial charge is 0.497 e. The molecule has 0 aliphatic heterocycles. The van der Waals surface area contributed by atoms with Gasteiger partial charge in [0.1, 0.15) is 11.4 Å². The molecule has 1 aromatic carbocycles. The monoisotopic (exact) mass is 471 g/mol. The second-order valence-electron chi connectivity index (χ2n) is 6.24. The van der Waals surface area contributed by atoms with E-state index in [1.807, 2.05) is 0 Å². The van der Waals surface area contributed by atoms with Gasteiger partial charge in [-0.2, -0.15) is 13.2 Å². The molecule has 0 atom stereocenters. The first-order valence-electron chi connectivity index (χ1n) is 8.75. The van der Waals surface area contributed by atoms with E-state index in [0.29, 0.717) is 22.4 Å². The Morgan fingerprint density at radius 3 is 2.45 bits per heavy atom. The van der Waals surface area contributed by atoms with Crippen molar-refractivity contribution in [2.75, 3.05) is 18.2 Å². The molecule has 0 spiro atoms. The number of ether oxygens (including phenoxy) is 1. The van der Waals surface area contributed by atoms with Crippen LogP contribution < -0.4 is 10.1 Å². The molecule has 3 rings (SSSR count). The molecule has 7 nitrogen and oxygen atoms in total. The number of halogens is 3. The van der Waals surface area contributed by atoms with Crippen LogP contribution in [-0.2, 0) is 20.8 Å².